The number of amides is 3. The van der Waals surface area contributed by atoms with E-state index in [0.29, 0.717) is 12.5 Å². The van der Waals surface area contributed by atoms with E-state index in [2.05, 4.69) is 15.5 Å². The van der Waals surface area contributed by atoms with Gasteiger partial charge in [-0.1, -0.05) is 18.6 Å². The van der Waals surface area contributed by atoms with Crippen LogP contribution in [0.25, 0.3) is 0 Å². The number of rotatable bonds is 5. The lowest BCUT2D eigenvalue weighted by Gasteiger charge is -2.38. The third-order valence-corrected chi connectivity index (χ3v) is 4.97. The molecule has 0 atom stereocenters. The maximum absolute atomic E-state index is 13.5. The van der Waals surface area contributed by atoms with E-state index in [0.717, 1.165) is 45.6 Å². The van der Waals surface area contributed by atoms with Crippen molar-refractivity contribution in [2.24, 2.45) is 5.92 Å². The Morgan fingerprint density at radius 3 is 2.48 bits per heavy atom. The molecule has 1 saturated carbocycles. The van der Waals surface area contributed by atoms with Crippen LogP contribution in [0.4, 0.5) is 14.9 Å². The summed E-state index contributed by atoms with van der Waals surface area (Å²) in [4.78, 5) is 28.2. The van der Waals surface area contributed by atoms with Gasteiger partial charge in [-0.2, -0.15) is 0 Å². The topological polar surface area (TPSA) is 64.7 Å². The Kier molecular flexibility index (Phi) is 5.86. The molecule has 0 radical (unpaired) electrons. The number of benzene rings is 1. The van der Waals surface area contributed by atoms with Gasteiger partial charge in [-0.25, -0.2) is 9.18 Å². The maximum atomic E-state index is 13.5. The maximum Gasteiger partial charge on any atom is 0.319 e. The normalized spacial score (nSPS) is 18.5. The zero-order valence-corrected chi connectivity index (χ0v) is 14.3. The fraction of sp³-hybridized carbons (Fsp3) is 0.556. The van der Waals surface area contributed by atoms with Crippen molar-refractivity contribution in [3.05, 3.63) is 30.1 Å². The summed E-state index contributed by atoms with van der Waals surface area (Å²) >= 11 is 0. The number of nitrogens with zero attached hydrogens (tertiary/aromatic N) is 2. The second-order valence-corrected chi connectivity index (χ2v) is 6.66. The lowest BCUT2D eigenvalue weighted by Crippen LogP contribution is -2.52. The summed E-state index contributed by atoms with van der Waals surface area (Å²) in [7, 11) is 0. The summed E-state index contributed by atoms with van der Waals surface area (Å²) in [6.07, 6.45) is 3.26. The molecule has 0 bridgehead atoms. The van der Waals surface area contributed by atoms with Gasteiger partial charge >= 0.3 is 6.03 Å². The lowest BCUT2D eigenvalue weighted by atomic mass is 9.84. The van der Waals surface area contributed by atoms with Crippen molar-refractivity contribution in [2.45, 2.75) is 19.3 Å². The molecule has 2 fully saturated rings. The lowest BCUT2D eigenvalue weighted by molar-refractivity contribution is -0.139. The fourth-order valence-electron chi connectivity index (χ4n) is 3.16. The van der Waals surface area contributed by atoms with Crippen LogP contribution in [0.5, 0.6) is 0 Å². The number of hydrogen-bond acceptors (Lipinski definition) is 3. The first-order chi connectivity index (χ1) is 12.1. The molecule has 1 aromatic carbocycles. The van der Waals surface area contributed by atoms with Gasteiger partial charge in [0, 0.05) is 45.2 Å². The molecule has 0 spiro atoms. The molecule has 7 heteroatoms. The minimum atomic E-state index is -0.454. The number of hydrogen-bond donors (Lipinski definition) is 2. The van der Waals surface area contributed by atoms with Crippen molar-refractivity contribution < 1.29 is 14.0 Å². The first-order valence-corrected chi connectivity index (χ1v) is 8.94. The van der Waals surface area contributed by atoms with Crippen LogP contribution in [-0.4, -0.2) is 61.0 Å². The van der Waals surface area contributed by atoms with Gasteiger partial charge in [-0.05, 0) is 25.0 Å². The molecule has 1 aliphatic heterocycles. The zero-order chi connectivity index (χ0) is 17.6. The average molecular weight is 348 g/mol. The summed E-state index contributed by atoms with van der Waals surface area (Å²) in [5.41, 5.74) is 0.170. The van der Waals surface area contributed by atoms with Crippen LogP contribution in [0.3, 0.4) is 0 Å². The summed E-state index contributed by atoms with van der Waals surface area (Å²) < 4.78 is 13.5. The van der Waals surface area contributed by atoms with Crippen molar-refractivity contribution in [3.63, 3.8) is 0 Å². The fourth-order valence-corrected chi connectivity index (χ4v) is 3.16. The number of nitrogens with one attached hydrogen (secondary N) is 2. The number of para-hydroxylation sites is 1. The van der Waals surface area contributed by atoms with Crippen molar-refractivity contribution in [2.75, 3.05) is 44.6 Å². The van der Waals surface area contributed by atoms with Gasteiger partial charge in [-0.15, -0.1) is 0 Å². The van der Waals surface area contributed by atoms with Gasteiger partial charge in [0.25, 0.3) is 0 Å². The van der Waals surface area contributed by atoms with Crippen LogP contribution in [-0.2, 0) is 4.79 Å². The molecule has 3 amide bonds. The van der Waals surface area contributed by atoms with Gasteiger partial charge in [0.15, 0.2) is 0 Å². The summed E-state index contributed by atoms with van der Waals surface area (Å²) in [5, 5.41) is 5.24. The predicted octanol–water partition coefficient (Wildman–Crippen LogP) is 1.89. The third kappa shape index (κ3) is 4.69. The minimum Gasteiger partial charge on any atom is -0.340 e. The molecule has 0 aromatic heterocycles. The van der Waals surface area contributed by atoms with Crippen LogP contribution >= 0.6 is 0 Å². The van der Waals surface area contributed by atoms with Crippen LogP contribution in [0, 0.1) is 11.7 Å². The highest BCUT2D eigenvalue weighted by Crippen LogP contribution is 2.28. The third-order valence-electron chi connectivity index (χ3n) is 4.97. The Morgan fingerprint density at radius 2 is 1.84 bits per heavy atom. The second kappa shape index (κ2) is 8.29. The Bertz CT molecular complexity index is 613. The smallest absolute Gasteiger partial charge is 0.319 e. The van der Waals surface area contributed by atoms with Gasteiger partial charge < -0.3 is 15.5 Å². The molecule has 1 aromatic rings. The van der Waals surface area contributed by atoms with Crippen LogP contribution in [0.1, 0.15) is 19.3 Å². The monoisotopic (exact) mass is 348 g/mol. The molecular weight excluding hydrogens is 323 g/mol. The number of urea groups is 1. The highest BCUT2D eigenvalue weighted by Gasteiger charge is 2.30. The standard InChI is InChI=1S/C18H25FN4O2/c19-15-6-1-2-7-16(15)21-18(25)20-8-9-22-10-12-23(13-11-22)17(24)14-4-3-5-14/h1-2,6-7,14H,3-5,8-13H2,(H2,20,21,25). The molecule has 3 rings (SSSR count). The molecule has 1 aliphatic carbocycles. The number of carbonyl (C=O) groups is 2. The van der Waals surface area contributed by atoms with Crippen LogP contribution in [0.15, 0.2) is 24.3 Å². The molecule has 2 N–H and O–H groups in total. The first kappa shape index (κ1) is 17.7. The Labute approximate surface area is 147 Å². The largest absolute Gasteiger partial charge is 0.340 e. The molecule has 0 unspecified atom stereocenters. The molecule has 6 nitrogen and oxygen atoms in total. The number of halogens is 1. The van der Waals surface area contributed by atoms with Gasteiger partial charge in [-0.3, -0.25) is 9.69 Å². The van der Waals surface area contributed by atoms with E-state index < -0.39 is 11.8 Å². The van der Waals surface area contributed by atoms with E-state index >= 15 is 0 Å². The summed E-state index contributed by atoms with van der Waals surface area (Å²) in [6, 6.07) is 5.66. The Morgan fingerprint density at radius 1 is 1.12 bits per heavy atom. The SMILES string of the molecule is O=C(NCCN1CCN(C(=O)C2CCC2)CC1)Nc1ccccc1F. The van der Waals surface area contributed by atoms with E-state index in [-0.39, 0.29) is 11.6 Å². The van der Waals surface area contributed by atoms with E-state index in [4.69, 9.17) is 0 Å². The molecule has 2 aliphatic rings. The molecule has 1 saturated heterocycles. The Balaban J connectivity index is 1.32. The molecule has 25 heavy (non-hydrogen) atoms. The average Bonchev–Trinajstić information content (AvgIpc) is 2.56. The minimum absolute atomic E-state index is 0.170. The second-order valence-electron chi connectivity index (χ2n) is 6.66. The molecular formula is C18H25FN4O2. The molecule has 1 heterocycles. The van der Waals surface area contributed by atoms with Gasteiger partial charge in [0.2, 0.25) is 5.91 Å². The molecule has 136 valence electrons. The van der Waals surface area contributed by atoms with Crippen LogP contribution < -0.4 is 10.6 Å². The number of anilines is 1. The van der Waals surface area contributed by atoms with Gasteiger partial charge in [0.1, 0.15) is 5.82 Å². The van der Waals surface area contributed by atoms with Crippen LogP contribution in [0.2, 0.25) is 0 Å². The summed E-state index contributed by atoms with van der Waals surface area (Å²) in [6.45, 7) is 4.38. The quantitative estimate of drug-likeness (QED) is 0.854. The first-order valence-electron chi connectivity index (χ1n) is 8.94. The number of carbonyl (C=O) groups excluding carboxylic acids is 2. The highest BCUT2D eigenvalue weighted by atomic mass is 19.1. The van der Waals surface area contributed by atoms with E-state index in [1.165, 1.54) is 18.6 Å². The van der Waals surface area contributed by atoms with Crippen molar-refractivity contribution in [1.82, 2.24) is 15.1 Å². The van der Waals surface area contributed by atoms with E-state index in [1.807, 2.05) is 4.90 Å². The van der Waals surface area contributed by atoms with Crippen molar-refractivity contribution in [3.8, 4) is 0 Å². The van der Waals surface area contributed by atoms with E-state index in [9.17, 15) is 14.0 Å². The van der Waals surface area contributed by atoms with Crippen molar-refractivity contribution in [1.29, 1.82) is 0 Å². The highest BCUT2D eigenvalue weighted by molar-refractivity contribution is 5.89. The number of piperazine rings is 1. The van der Waals surface area contributed by atoms with E-state index in [1.54, 1.807) is 12.1 Å². The summed E-state index contributed by atoms with van der Waals surface area (Å²) in [5.74, 6) is 0.119. The zero-order valence-electron chi connectivity index (χ0n) is 14.3. The van der Waals surface area contributed by atoms with Crippen molar-refractivity contribution >= 4 is 17.6 Å². The predicted molar refractivity (Wildman–Crippen MR) is 93.8 cm³/mol. The Hall–Kier alpha value is -2.15. The van der Waals surface area contributed by atoms with Gasteiger partial charge in [0.05, 0.1) is 5.69 Å².